The second kappa shape index (κ2) is 10.6. The van der Waals surface area contributed by atoms with E-state index in [1.165, 1.54) is 16.7 Å². The van der Waals surface area contributed by atoms with Crippen LogP contribution in [0.4, 0.5) is 13.2 Å². The Morgan fingerprint density at radius 3 is 2.43 bits per heavy atom. The van der Waals surface area contributed by atoms with Crippen molar-refractivity contribution < 1.29 is 35.6 Å². The van der Waals surface area contributed by atoms with E-state index in [-0.39, 0.29) is 29.4 Å². The fraction of sp³-hybridized carbons (Fsp3) is 0.208. The molecule has 2 heterocycles. The quantitative estimate of drug-likeness (QED) is 0.296. The van der Waals surface area contributed by atoms with Crippen molar-refractivity contribution in [3.8, 4) is 28.6 Å². The number of rotatable bonds is 9. The van der Waals surface area contributed by atoms with Crippen LogP contribution in [0.2, 0.25) is 0 Å². The molecule has 0 fully saturated rings. The van der Waals surface area contributed by atoms with E-state index < -0.39 is 20.2 Å². The molecule has 4 rings (SSSR count). The van der Waals surface area contributed by atoms with Gasteiger partial charge in [-0.3, -0.25) is 4.79 Å². The van der Waals surface area contributed by atoms with Gasteiger partial charge in [-0.2, -0.15) is 18.2 Å². The molecule has 0 amide bonds. The molecule has 0 bridgehead atoms. The summed E-state index contributed by atoms with van der Waals surface area (Å²) in [7, 11) is -3.89. The van der Waals surface area contributed by atoms with Crippen LogP contribution in [0, 0.1) is 0 Å². The minimum Gasteiger partial charge on any atom is -0.491 e. The molecular weight excluding hydrogens is 515 g/mol. The number of methoxy groups -OCH3 is 1. The highest BCUT2D eigenvalue weighted by atomic mass is 32.2. The number of ether oxygens (including phenoxy) is 2. The molecule has 0 saturated heterocycles. The monoisotopic (exact) mass is 535 g/mol. The van der Waals surface area contributed by atoms with Crippen LogP contribution in [0.15, 0.2) is 81.1 Å². The Kier molecular flexibility index (Phi) is 7.45. The Balaban J connectivity index is 1.54. The summed E-state index contributed by atoms with van der Waals surface area (Å²) in [6.45, 7) is 1.07. The highest BCUT2D eigenvalue weighted by molar-refractivity contribution is 7.92. The first kappa shape index (κ1) is 26.1. The minimum atomic E-state index is -5.47. The van der Waals surface area contributed by atoms with Crippen LogP contribution < -0.4 is 10.3 Å². The second-order valence-corrected chi connectivity index (χ2v) is 9.71. The largest absolute Gasteiger partial charge is 0.501 e. The summed E-state index contributed by atoms with van der Waals surface area (Å²) in [6, 6.07) is 14.0. The van der Waals surface area contributed by atoms with Crippen LogP contribution in [0.3, 0.4) is 0 Å². The smallest absolute Gasteiger partial charge is 0.491 e. The van der Waals surface area contributed by atoms with E-state index >= 15 is 0 Å². The van der Waals surface area contributed by atoms with E-state index in [9.17, 15) is 26.4 Å². The predicted octanol–water partition coefficient (Wildman–Crippen LogP) is 3.93. The maximum atomic E-state index is 12.8. The molecule has 0 spiro atoms. The van der Waals surface area contributed by atoms with Crippen LogP contribution in [-0.4, -0.2) is 49.0 Å². The van der Waals surface area contributed by atoms with Crippen molar-refractivity contribution in [2.75, 3.05) is 20.3 Å². The zero-order valence-electron chi connectivity index (χ0n) is 19.3. The van der Waals surface area contributed by atoms with Crippen molar-refractivity contribution in [2.24, 2.45) is 0 Å². The first-order chi connectivity index (χ1) is 17.6. The molecule has 0 radical (unpaired) electrons. The van der Waals surface area contributed by atoms with Gasteiger partial charge >= 0.3 is 5.51 Å². The average Bonchev–Trinajstić information content (AvgIpc) is 3.36. The number of pyridine rings is 1. The fourth-order valence-corrected chi connectivity index (χ4v) is 4.09. The van der Waals surface area contributed by atoms with Gasteiger partial charge in [0.1, 0.15) is 12.4 Å². The normalized spacial score (nSPS) is 12.0. The summed E-state index contributed by atoms with van der Waals surface area (Å²) in [5.74, 6) is 0.729. The van der Waals surface area contributed by atoms with Gasteiger partial charge in [-0.15, -0.1) is 0 Å². The molecule has 37 heavy (non-hydrogen) atoms. The molecular formula is C24H20F3N3O6S. The third-order valence-electron chi connectivity index (χ3n) is 5.19. The number of benzene rings is 2. The summed E-state index contributed by atoms with van der Waals surface area (Å²) in [4.78, 5) is 15.8. The topological polar surface area (TPSA) is 114 Å². The number of halogens is 3. The highest BCUT2D eigenvalue weighted by Crippen LogP contribution is 2.31. The Morgan fingerprint density at radius 2 is 1.73 bits per heavy atom. The second-order valence-electron chi connectivity index (χ2n) is 7.77. The molecule has 0 saturated carbocycles. The lowest BCUT2D eigenvalue weighted by molar-refractivity contribution is -0.0436. The molecule has 0 aliphatic carbocycles. The Labute approximate surface area is 209 Å². The van der Waals surface area contributed by atoms with Gasteiger partial charge in [-0.1, -0.05) is 17.3 Å². The lowest BCUT2D eigenvalue weighted by atomic mass is 10.2. The van der Waals surface area contributed by atoms with Crippen molar-refractivity contribution >= 4 is 9.84 Å². The van der Waals surface area contributed by atoms with Gasteiger partial charge in [0.25, 0.3) is 21.3 Å². The first-order valence-corrected chi connectivity index (χ1v) is 12.2. The molecule has 0 aliphatic heterocycles. The summed E-state index contributed by atoms with van der Waals surface area (Å²) in [5.41, 5.74) is -4.18. The van der Waals surface area contributed by atoms with Crippen molar-refractivity contribution in [2.45, 2.75) is 16.9 Å². The molecule has 0 aliphatic rings. The number of hydrogen-bond acceptors (Lipinski definition) is 8. The van der Waals surface area contributed by atoms with E-state index in [0.29, 0.717) is 24.5 Å². The maximum absolute atomic E-state index is 12.8. The molecule has 0 atom stereocenters. The Morgan fingerprint density at radius 1 is 1.00 bits per heavy atom. The van der Waals surface area contributed by atoms with E-state index in [1.807, 2.05) is 18.2 Å². The number of aromatic nitrogens is 3. The number of sulfone groups is 1. The van der Waals surface area contributed by atoms with E-state index in [0.717, 1.165) is 29.8 Å². The highest BCUT2D eigenvalue weighted by Gasteiger charge is 2.46. The zero-order chi connectivity index (χ0) is 26.6. The van der Waals surface area contributed by atoms with Gasteiger partial charge in [-0.05, 0) is 48.0 Å². The molecule has 0 N–H and O–H groups in total. The third kappa shape index (κ3) is 5.89. The SMILES string of the molecule is COCCOc1cccc(Cn2cc(-c3noc(-c4ccc(S(=O)(=O)C(F)(F)F)cc4)n3)ccc2=O)c1. The van der Waals surface area contributed by atoms with Crippen molar-refractivity contribution in [3.63, 3.8) is 0 Å². The lowest BCUT2D eigenvalue weighted by Gasteiger charge is -2.10. The summed E-state index contributed by atoms with van der Waals surface area (Å²) >= 11 is 0. The molecule has 4 aromatic rings. The Bertz CT molecular complexity index is 1550. The number of nitrogens with zero attached hydrogens (tertiary/aromatic N) is 3. The van der Waals surface area contributed by atoms with Gasteiger partial charge < -0.3 is 18.6 Å². The van der Waals surface area contributed by atoms with Crippen LogP contribution in [0.25, 0.3) is 22.8 Å². The van der Waals surface area contributed by atoms with Crippen molar-refractivity contribution in [3.05, 3.63) is 82.8 Å². The maximum Gasteiger partial charge on any atom is 0.501 e. The predicted molar refractivity (Wildman–Crippen MR) is 126 cm³/mol. The molecule has 2 aromatic heterocycles. The summed E-state index contributed by atoms with van der Waals surface area (Å²) in [6.07, 6.45) is 1.55. The first-order valence-electron chi connectivity index (χ1n) is 10.8. The van der Waals surface area contributed by atoms with Crippen LogP contribution in [0.5, 0.6) is 5.75 Å². The standard InChI is InChI=1S/C24H20F3N3O6S/c1-34-11-12-35-19-4-2-3-16(13-19)14-30-15-18(7-10-21(30)31)22-28-23(36-29-22)17-5-8-20(9-6-17)37(32,33)24(25,26)27/h2-10,13,15H,11-12,14H2,1H3. The van der Waals surface area contributed by atoms with Crippen molar-refractivity contribution in [1.82, 2.24) is 14.7 Å². The van der Waals surface area contributed by atoms with E-state index in [4.69, 9.17) is 14.0 Å². The summed E-state index contributed by atoms with van der Waals surface area (Å²) < 4.78 is 78.6. The van der Waals surface area contributed by atoms with Gasteiger partial charge in [0.2, 0.25) is 5.82 Å². The number of hydrogen-bond donors (Lipinski definition) is 0. The van der Waals surface area contributed by atoms with Crippen LogP contribution >= 0.6 is 0 Å². The minimum absolute atomic E-state index is 0.0374. The summed E-state index contributed by atoms with van der Waals surface area (Å²) in [5, 5.41) is 3.88. The van der Waals surface area contributed by atoms with Gasteiger partial charge in [-0.25, -0.2) is 8.42 Å². The van der Waals surface area contributed by atoms with Gasteiger partial charge in [0.15, 0.2) is 0 Å². The van der Waals surface area contributed by atoms with E-state index in [1.54, 1.807) is 19.4 Å². The van der Waals surface area contributed by atoms with Crippen LogP contribution in [-0.2, 0) is 21.1 Å². The lowest BCUT2D eigenvalue weighted by Crippen LogP contribution is -2.23. The fourth-order valence-electron chi connectivity index (χ4n) is 3.33. The third-order valence-corrected chi connectivity index (χ3v) is 6.69. The average molecular weight is 536 g/mol. The van der Waals surface area contributed by atoms with Gasteiger partial charge in [0, 0.05) is 30.5 Å². The van der Waals surface area contributed by atoms with Crippen molar-refractivity contribution in [1.29, 1.82) is 0 Å². The molecule has 9 nitrogen and oxygen atoms in total. The Hall–Kier alpha value is -3.97. The van der Waals surface area contributed by atoms with Gasteiger partial charge in [0.05, 0.1) is 18.0 Å². The number of alkyl halides is 3. The molecule has 13 heteroatoms. The molecule has 2 aromatic carbocycles. The van der Waals surface area contributed by atoms with Crippen LogP contribution in [0.1, 0.15) is 5.56 Å². The zero-order valence-corrected chi connectivity index (χ0v) is 20.1. The van der Waals surface area contributed by atoms with E-state index in [2.05, 4.69) is 10.1 Å². The molecule has 0 unspecified atom stereocenters. The molecule has 194 valence electrons.